The van der Waals surface area contributed by atoms with E-state index in [4.69, 9.17) is 9.84 Å². The Morgan fingerprint density at radius 3 is 2.65 bits per heavy atom. The van der Waals surface area contributed by atoms with Crippen molar-refractivity contribution in [3.05, 3.63) is 17.0 Å². The van der Waals surface area contributed by atoms with Crippen molar-refractivity contribution in [3.8, 4) is 0 Å². The van der Waals surface area contributed by atoms with Crippen LogP contribution in [0.15, 0.2) is 0 Å². The predicted octanol–water partition coefficient (Wildman–Crippen LogP) is 3.13. The summed E-state index contributed by atoms with van der Waals surface area (Å²) in [5, 5.41) is 8.31. The Morgan fingerprint density at radius 2 is 2.10 bits per heavy atom. The molecule has 2 rings (SSSR count). The molecule has 1 saturated heterocycles. The van der Waals surface area contributed by atoms with Gasteiger partial charge in [-0.05, 0) is 46.6 Å². The second-order valence-corrected chi connectivity index (χ2v) is 5.93. The highest BCUT2D eigenvalue weighted by atomic mass is 16.5. The second kappa shape index (κ2) is 6.72. The second-order valence-electron chi connectivity index (χ2n) is 5.93. The fraction of sp³-hybridized carbons (Fsp3) is 0.812. The largest absolute Gasteiger partial charge is 0.373 e. The van der Waals surface area contributed by atoms with Crippen LogP contribution in [0.4, 0.5) is 0 Å². The summed E-state index contributed by atoms with van der Waals surface area (Å²) in [6.45, 7) is 12.7. The third-order valence-electron chi connectivity index (χ3n) is 4.34. The van der Waals surface area contributed by atoms with Gasteiger partial charge in [0.15, 0.2) is 0 Å². The van der Waals surface area contributed by atoms with Crippen LogP contribution in [-0.2, 0) is 11.3 Å². The van der Waals surface area contributed by atoms with Gasteiger partial charge in [-0.1, -0.05) is 13.8 Å². The van der Waals surface area contributed by atoms with Gasteiger partial charge in [-0.3, -0.25) is 4.68 Å². The first-order valence-electron chi connectivity index (χ1n) is 7.99. The highest BCUT2D eigenvalue weighted by molar-refractivity contribution is 5.28. The van der Waals surface area contributed by atoms with E-state index < -0.39 is 0 Å². The summed E-state index contributed by atoms with van der Waals surface area (Å²) < 4.78 is 8.07. The number of hydrogen-bond donors (Lipinski definition) is 1. The Balaban J connectivity index is 2.15. The third kappa shape index (κ3) is 3.23. The van der Waals surface area contributed by atoms with Crippen LogP contribution in [0.2, 0.25) is 0 Å². The lowest BCUT2D eigenvalue weighted by Gasteiger charge is -2.17. The predicted molar refractivity (Wildman–Crippen MR) is 82.0 cm³/mol. The zero-order chi connectivity index (χ0) is 14.7. The molecule has 0 aromatic carbocycles. The van der Waals surface area contributed by atoms with Crippen LogP contribution in [0.1, 0.15) is 63.0 Å². The summed E-state index contributed by atoms with van der Waals surface area (Å²) in [6, 6.07) is 0.414. The van der Waals surface area contributed by atoms with Crippen molar-refractivity contribution in [2.45, 2.75) is 78.7 Å². The van der Waals surface area contributed by atoms with Crippen LogP contribution >= 0.6 is 0 Å². The van der Waals surface area contributed by atoms with E-state index in [2.05, 4.69) is 44.6 Å². The van der Waals surface area contributed by atoms with Crippen LogP contribution < -0.4 is 5.32 Å². The minimum atomic E-state index is 0.329. The number of nitrogens with one attached hydrogen (secondary N) is 1. The fourth-order valence-corrected chi connectivity index (χ4v) is 3.30. The molecular formula is C16H29N3O. The number of aryl methyl sites for hydroxylation is 1. The van der Waals surface area contributed by atoms with Crippen LogP contribution in [0.3, 0.4) is 0 Å². The minimum absolute atomic E-state index is 0.329. The molecule has 0 saturated carbocycles. The van der Waals surface area contributed by atoms with Gasteiger partial charge in [-0.2, -0.15) is 5.10 Å². The Kier molecular flexibility index (Phi) is 5.22. The van der Waals surface area contributed by atoms with E-state index in [1.165, 1.54) is 17.7 Å². The number of aromatic nitrogens is 2. The van der Waals surface area contributed by atoms with Crippen molar-refractivity contribution < 1.29 is 4.74 Å². The molecule has 0 radical (unpaired) electrons. The molecule has 1 aliphatic rings. The smallest absolute Gasteiger partial charge is 0.0775 e. The summed E-state index contributed by atoms with van der Waals surface area (Å²) in [5.41, 5.74) is 3.82. The molecule has 1 fully saturated rings. The van der Waals surface area contributed by atoms with Gasteiger partial charge >= 0.3 is 0 Å². The highest BCUT2D eigenvalue weighted by Crippen LogP contribution is 2.26. The number of rotatable bonds is 6. The van der Waals surface area contributed by atoms with Gasteiger partial charge in [-0.25, -0.2) is 0 Å². The Bertz CT molecular complexity index is 441. The standard InChI is InChI=1S/C16H29N3O/c1-6-15(17-7-2)16-12(4)18-19(13(16)5)10-14-9-8-11(3)20-14/h11,14-15,17H,6-10H2,1-5H3. The lowest BCUT2D eigenvalue weighted by molar-refractivity contribution is 0.0432. The molecule has 20 heavy (non-hydrogen) atoms. The number of ether oxygens (including phenoxy) is 1. The van der Waals surface area contributed by atoms with E-state index in [1.807, 2.05) is 0 Å². The molecule has 3 atom stereocenters. The molecule has 1 aliphatic heterocycles. The third-order valence-corrected chi connectivity index (χ3v) is 4.34. The summed E-state index contributed by atoms with van der Waals surface area (Å²) in [7, 11) is 0. The maximum atomic E-state index is 5.93. The van der Waals surface area contributed by atoms with Gasteiger partial charge in [-0.15, -0.1) is 0 Å². The lowest BCUT2D eigenvalue weighted by atomic mass is 10.0. The van der Waals surface area contributed by atoms with E-state index in [1.54, 1.807) is 0 Å². The normalized spacial score (nSPS) is 24.2. The first-order chi connectivity index (χ1) is 9.56. The molecule has 0 spiro atoms. The molecule has 114 valence electrons. The van der Waals surface area contributed by atoms with Gasteiger partial charge in [0.05, 0.1) is 24.4 Å². The van der Waals surface area contributed by atoms with Crippen molar-refractivity contribution in [1.82, 2.24) is 15.1 Å². The summed E-state index contributed by atoms with van der Waals surface area (Å²) in [4.78, 5) is 0. The van der Waals surface area contributed by atoms with E-state index >= 15 is 0 Å². The maximum Gasteiger partial charge on any atom is 0.0775 e. The molecular weight excluding hydrogens is 250 g/mol. The van der Waals surface area contributed by atoms with E-state index in [0.29, 0.717) is 18.2 Å². The molecule has 1 aromatic heterocycles. The maximum absolute atomic E-state index is 5.93. The minimum Gasteiger partial charge on any atom is -0.373 e. The molecule has 0 aliphatic carbocycles. The molecule has 0 amide bonds. The Labute approximate surface area is 122 Å². The molecule has 4 heteroatoms. The molecule has 1 N–H and O–H groups in total. The quantitative estimate of drug-likeness (QED) is 0.869. The first kappa shape index (κ1) is 15.5. The summed E-state index contributed by atoms with van der Waals surface area (Å²) in [5.74, 6) is 0. The molecule has 3 unspecified atom stereocenters. The Hall–Kier alpha value is -0.870. The Morgan fingerprint density at radius 1 is 1.35 bits per heavy atom. The van der Waals surface area contributed by atoms with Crippen molar-refractivity contribution >= 4 is 0 Å². The summed E-state index contributed by atoms with van der Waals surface area (Å²) in [6.07, 6.45) is 4.15. The summed E-state index contributed by atoms with van der Waals surface area (Å²) >= 11 is 0. The highest BCUT2D eigenvalue weighted by Gasteiger charge is 2.25. The molecule has 2 heterocycles. The fourth-order valence-electron chi connectivity index (χ4n) is 3.30. The zero-order valence-corrected chi connectivity index (χ0v) is 13.6. The number of hydrogen-bond acceptors (Lipinski definition) is 3. The van der Waals surface area contributed by atoms with Crippen molar-refractivity contribution in [2.24, 2.45) is 0 Å². The molecule has 0 bridgehead atoms. The van der Waals surface area contributed by atoms with Crippen LogP contribution in [-0.4, -0.2) is 28.5 Å². The van der Waals surface area contributed by atoms with E-state index in [9.17, 15) is 0 Å². The average Bonchev–Trinajstić information content (AvgIpc) is 2.93. The van der Waals surface area contributed by atoms with Crippen molar-refractivity contribution in [1.29, 1.82) is 0 Å². The van der Waals surface area contributed by atoms with Gasteiger partial charge in [0, 0.05) is 17.3 Å². The van der Waals surface area contributed by atoms with Crippen LogP contribution in [0.25, 0.3) is 0 Å². The van der Waals surface area contributed by atoms with E-state index in [0.717, 1.165) is 31.6 Å². The molecule has 1 aromatic rings. The van der Waals surface area contributed by atoms with Gasteiger partial charge < -0.3 is 10.1 Å². The topological polar surface area (TPSA) is 39.1 Å². The van der Waals surface area contributed by atoms with Gasteiger partial charge in [0.1, 0.15) is 0 Å². The first-order valence-corrected chi connectivity index (χ1v) is 7.99. The van der Waals surface area contributed by atoms with Crippen molar-refractivity contribution in [2.75, 3.05) is 6.54 Å². The lowest BCUT2D eigenvalue weighted by Crippen LogP contribution is -2.22. The van der Waals surface area contributed by atoms with E-state index in [-0.39, 0.29) is 0 Å². The van der Waals surface area contributed by atoms with Gasteiger partial charge in [0.25, 0.3) is 0 Å². The van der Waals surface area contributed by atoms with Gasteiger partial charge in [0.2, 0.25) is 0 Å². The van der Waals surface area contributed by atoms with Crippen LogP contribution in [0.5, 0.6) is 0 Å². The SMILES string of the molecule is CCNC(CC)c1c(C)nn(CC2CCC(C)O2)c1C. The average molecular weight is 279 g/mol. The van der Waals surface area contributed by atoms with Crippen LogP contribution in [0, 0.1) is 13.8 Å². The van der Waals surface area contributed by atoms with Crippen molar-refractivity contribution in [3.63, 3.8) is 0 Å². The molecule has 4 nitrogen and oxygen atoms in total. The monoisotopic (exact) mass is 279 g/mol. The zero-order valence-electron chi connectivity index (χ0n) is 13.6. The number of nitrogens with zero attached hydrogens (tertiary/aromatic N) is 2.